The van der Waals surface area contributed by atoms with E-state index in [1.807, 2.05) is 0 Å². The molecule has 0 aliphatic carbocycles. The Kier molecular flexibility index (Phi) is 2.24. The van der Waals surface area contributed by atoms with Gasteiger partial charge in [-0.2, -0.15) is 26.3 Å². The van der Waals surface area contributed by atoms with E-state index in [4.69, 9.17) is 0 Å². The molecule has 10 heavy (non-hydrogen) atoms. The minimum atomic E-state index is -5.40. The van der Waals surface area contributed by atoms with Crippen molar-refractivity contribution in [2.45, 2.75) is 12.2 Å². The van der Waals surface area contributed by atoms with Crippen molar-refractivity contribution in [2.75, 3.05) is 0 Å². The smallest absolute Gasteiger partial charge is 0.354 e. The predicted octanol–water partition coefficient (Wildman–Crippen LogP) is 1.14. The van der Waals surface area contributed by atoms with Crippen LogP contribution in [-0.4, -0.2) is 19.0 Å². The number of nitrogens with two attached hydrogens (primary N) is 1. The van der Waals surface area contributed by atoms with Gasteiger partial charge in [0.25, 0.3) is 0 Å². The fourth-order valence-corrected chi connectivity index (χ4v) is 0.186. The molecule has 0 saturated carbocycles. The van der Waals surface area contributed by atoms with Gasteiger partial charge in [-0.3, -0.25) is 0 Å². The molecule has 0 amide bonds. The third-order valence-electron chi connectivity index (χ3n) is 0.705. The molecule has 0 aliphatic rings. The molecule has 0 bridgehead atoms. The van der Waals surface area contributed by atoms with E-state index in [9.17, 15) is 26.3 Å². The minimum absolute atomic E-state index is 3.74. The molecule has 0 unspecified atom stereocenters. The standard InChI is InChI=1S/C2H2BF6N/c4-1(5,6)3(10)2(7,8)9/h10H2. The SMILES string of the molecule is NB(C(F)(F)F)C(F)(F)F. The van der Waals surface area contributed by atoms with Gasteiger partial charge in [0.05, 0.1) is 0 Å². The summed E-state index contributed by atoms with van der Waals surface area (Å²) in [6.07, 6.45) is -10.8. The zero-order valence-electron chi connectivity index (χ0n) is 4.42. The second-order valence-electron chi connectivity index (χ2n) is 1.56. The monoisotopic (exact) mass is 165 g/mol. The average Bonchev–Trinajstić information content (AvgIpc) is 1.59. The summed E-state index contributed by atoms with van der Waals surface area (Å²) < 4.78 is 66.6. The molecule has 0 radical (unpaired) electrons. The third-order valence-corrected chi connectivity index (χ3v) is 0.705. The van der Waals surface area contributed by atoms with Crippen molar-refractivity contribution in [1.82, 2.24) is 0 Å². The van der Waals surface area contributed by atoms with E-state index < -0.39 is 19.0 Å². The normalized spacial score (nSPS) is 13.5. The first-order valence-corrected chi connectivity index (χ1v) is 2.04. The topological polar surface area (TPSA) is 26.0 Å². The summed E-state index contributed by atoms with van der Waals surface area (Å²) in [6.45, 7) is -3.74. The highest BCUT2D eigenvalue weighted by atomic mass is 19.4. The molecule has 1 nitrogen and oxygen atoms in total. The van der Waals surface area contributed by atoms with Crippen LogP contribution in [0.5, 0.6) is 0 Å². The Labute approximate surface area is 52.3 Å². The number of alkyl halides is 6. The molecule has 60 valence electrons. The van der Waals surface area contributed by atoms with Gasteiger partial charge < -0.3 is 5.64 Å². The Morgan fingerprint density at radius 2 is 1.00 bits per heavy atom. The molecule has 0 spiro atoms. The maximum absolute atomic E-state index is 11.1. The van der Waals surface area contributed by atoms with Gasteiger partial charge >= 0.3 is 19.0 Å². The van der Waals surface area contributed by atoms with Gasteiger partial charge in [-0.15, -0.1) is 0 Å². The minimum Gasteiger partial charge on any atom is -0.354 e. The molecule has 0 aromatic heterocycles. The largest absolute Gasteiger partial charge is 0.472 e. The highest BCUT2D eigenvalue weighted by Crippen LogP contribution is 2.28. The fourth-order valence-electron chi connectivity index (χ4n) is 0.186. The van der Waals surface area contributed by atoms with Gasteiger partial charge in [0, 0.05) is 0 Å². The number of hydrogen-bond donors (Lipinski definition) is 1. The van der Waals surface area contributed by atoms with Crippen LogP contribution in [0.2, 0.25) is 0 Å². The first kappa shape index (κ1) is 9.60. The van der Waals surface area contributed by atoms with Crippen LogP contribution >= 0.6 is 0 Å². The summed E-state index contributed by atoms with van der Waals surface area (Å²) in [5, 5.41) is 0. The van der Waals surface area contributed by atoms with E-state index in [0.29, 0.717) is 0 Å². The van der Waals surface area contributed by atoms with Crippen LogP contribution in [0.1, 0.15) is 0 Å². The van der Waals surface area contributed by atoms with Crippen LogP contribution in [0.15, 0.2) is 0 Å². The van der Waals surface area contributed by atoms with E-state index in [1.165, 1.54) is 0 Å². The zero-order valence-corrected chi connectivity index (χ0v) is 4.42. The number of rotatable bonds is 0. The van der Waals surface area contributed by atoms with Gasteiger partial charge in [-0.05, 0) is 0 Å². The summed E-state index contributed by atoms with van der Waals surface area (Å²) >= 11 is 0. The zero-order chi connectivity index (χ0) is 8.58. The maximum atomic E-state index is 11.1. The van der Waals surface area contributed by atoms with Crippen LogP contribution in [0, 0.1) is 0 Å². The van der Waals surface area contributed by atoms with Crippen LogP contribution in [0.4, 0.5) is 26.3 Å². The lowest BCUT2D eigenvalue weighted by Crippen LogP contribution is -2.54. The molecule has 0 atom stereocenters. The molecule has 0 heterocycles. The van der Waals surface area contributed by atoms with Crippen LogP contribution in [0.3, 0.4) is 0 Å². The highest BCUT2D eigenvalue weighted by Gasteiger charge is 2.59. The van der Waals surface area contributed by atoms with Crippen molar-refractivity contribution < 1.29 is 26.3 Å². The van der Waals surface area contributed by atoms with Gasteiger partial charge in [0.1, 0.15) is 0 Å². The predicted molar refractivity (Wildman–Crippen MR) is 22.1 cm³/mol. The summed E-state index contributed by atoms with van der Waals surface area (Å²) in [4.78, 5) is 0. The Balaban J connectivity index is 4.23. The van der Waals surface area contributed by atoms with E-state index in [0.717, 1.165) is 0 Å². The van der Waals surface area contributed by atoms with E-state index in [2.05, 4.69) is 5.64 Å². The number of hydrogen-bond acceptors (Lipinski definition) is 1. The Morgan fingerprint density at radius 1 is 0.800 bits per heavy atom. The van der Waals surface area contributed by atoms with Crippen LogP contribution < -0.4 is 5.64 Å². The molecule has 0 rings (SSSR count). The maximum Gasteiger partial charge on any atom is 0.472 e. The summed E-state index contributed by atoms with van der Waals surface area (Å²) in [5.41, 5.74) is 3.78. The number of halogens is 6. The van der Waals surface area contributed by atoms with Crippen molar-refractivity contribution >= 4 is 6.85 Å². The first-order valence-electron chi connectivity index (χ1n) is 2.04. The van der Waals surface area contributed by atoms with E-state index in [1.54, 1.807) is 0 Å². The Morgan fingerprint density at radius 3 is 1.00 bits per heavy atom. The second kappa shape index (κ2) is 2.33. The van der Waals surface area contributed by atoms with Gasteiger partial charge in [-0.1, -0.05) is 0 Å². The molecule has 0 aromatic rings. The van der Waals surface area contributed by atoms with Gasteiger partial charge in [0.2, 0.25) is 0 Å². The van der Waals surface area contributed by atoms with Crippen LogP contribution in [-0.2, 0) is 0 Å². The lowest BCUT2D eigenvalue weighted by atomic mass is 9.62. The van der Waals surface area contributed by atoms with Crippen molar-refractivity contribution in [1.29, 1.82) is 0 Å². The molecule has 0 fully saturated rings. The lowest BCUT2D eigenvalue weighted by molar-refractivity contribution is -0.104. The summed E-state index contributed by atoms with van der Waals surface area (Å²) in [7, 11) is 0. The highest BCUT2D eigenvalue weighted by molar-refractivity contribution is 6.59. The molecule has 0 saturated heterocycles. The molecule has 2 N–H and O–H groups in total. The van der Waals surface area contributed by atoms with E-state index in [-0.39, 0.29) is 0 Å². The van der Waals surface area contributed by atoms with Crippen molar-refractivity contribution in [3.8, 4) is 0 Å². The van der Waals surface area contributed by atoms with Crippen molar-refractivity contribution in [3.63, 3.8) is 0 Å². The fraction of sp³-hybridized carbons (Fsp3) is 1.00. The Bertz CT molecular complexity index is 99.9. The molecule has 0 aromatic carbocycles. The van der Waals surface area contributed by atoms with Gasteiger partial charge in [-0.25, -0.2) is 0 Å². The Hall–Kier alpha value is -0.395. The average molecular weight is 165 g/mol. The van der Waals surface area contributed by atoms with Crippen LogP contribution in [0.25, 0.3) is 0 Å². The second-order valence-corrected chi connectivity index (χ2v) is 1.56. The van der Waals surface area contributed by atoms with Crippen molar-refractivity contribution in [3.05, 3.63) is 0 Å². The quantitative estimate of drug-likeness (QED) is 0.422. The first-order chi connectivity index (χ1) is 4.15. The van der Waals surface area contributed by atoms with E-state index >= 15 is 0 Å². The molecular formula is C2H2BF6N. The molecule has 0 aliphatic heterocycles. The molecular weight excluding hydrogens is 163 g/mol. The lowest BCUT2D eigenvalue weighted by Gasteiger charge is -2.13. The summed E-state index contributed by atoms with van der Waals surface area (Å²) in [5.74, 6) is 0. The van der Waals surface area contributed by atoms with Gasteiger partial charge in [0.15, 0.2) is 0 Å². The van der Waals surface area contributed by atoms with Crippen molar-refractivity contribution in [2.24, 2.45) is 5.64 Å². The summed E-state index contributed by atoms with van der Waals surface area (Å²) in [6, 6.07) is 0. The third kappa shape index (κ3) is 2.46. The molecule has 8 heteroatoms.